The van der Waals surface area contributed by atoms with E-state index in [1.807, 2.05) is 6.07 Å². The van der Waals surface area contributed by atoms with E-state index >= 15 is 0 Å². The van der Waals surface area contributed by atoms with E-state index in [4.69, 9.17) is 34.8 Å². The van der Waals surface area contributed by atoms with Gasteiger partial charge in [0.2, 0.25) is 5.91 Å². The number of carbonyl (C=O) groups is 1. The normalized spacial score (nSPS) is 12.2. The summed E-state index contributed by atoms with van der Waals surface area (Å²) >= 11 is 17.7. The van der Waals surface area contributed by atoms with Crippen LogP contribution in [0.25, 0.3) is 0 Å². The number of rotatable bonds is 5. The minimum absolute atomic E-state index is 0.214. The van der Waals surface area contributed by atoms with Crippen molar-refractivity contribution in [3.63, 3.8) is 0 Å². The topological polar surface area (TPSA) is 64.7 Å². The lowest BCUT2D eigenvalue weighted by Crippen LogP contribution is -2.23. The highest BCUT2D eigenvalue weighted by Crippen LogP contribution is 2.23. The fourth-order valence-corrected chi connectivity index (χ4v) is 2.70. The van der Waals surface area contributed by atoms with Gasteiger partial charge in [0.15, 0.2) is 0 Å². The average Bonchev–Trinajstić information content (AvgIpc) is 3.19. The van der Waals surface area contributed by atoms with Crippen LogP contribution in [0.3, 0.4) is 0 Å². The minimum Gasteiger partial charge on any atom is -0.322 e. The first kappa shape index (κ1) is 17.8. The van der Waals surface area contributed by atoms with Gasteiger partial charge in [-0.1, -0.05) is 40.9 Å². The number of aromatic nitrogens is 4. The number of benzene rings is 1. The zero-order valence-electron chi connectivity index (χ0n) is 13.2. The molecule has 0 bridgehead atoms. The summed E-state index contributed by atoms with van der Waals surface area (Å²) in [7, 11) is 0. The highest BCUT2D eigenvalue weighted by Gasteiger charge is 2.16. The molecule has 9 heteroatoms. The van der Waals surface area contributed by atoms with Crippen molar-refractivity contribution in [2.45, 2.75) is 19.5 Å². The second-order valence-corrected chi connectivity index (χ2v) is 6.73. The van der Waals surface area contributed by atoms with Gasteiger partial charge in [0.05, 0.1) is 39.7 Å². The van der Waals surface area contributed by atoms with Crippen molar-refractivity contribution in [3.8, 4) is 0 Å². The Hall–Kier alpha value is -2.02. The highest BCUT2D eigenvalue weighted by molar-refractivity contribution is 6.42. The van der Waals surface area contributed by atoms with Crippen molar-refractivity contribution in [1.29, 1.82) is 0 Å². The Morgan fingerprint density at radius 1 is 1.16 bits per heavy atom. The molecule has 1 atom stereocenters. The van der Waals surface area contributed by atoms with Crippen molar-refractivity contribution < 1.29 is 4.79 Å². The van der Waals surface area contributed by atoms with Gasteiger partial charge in [-0.25, -0.2) is 0 Å². The van der Waals surface area contributed by atoms with Crippen LogP contribution in [0.4, 0.5) is 5.69 Å². The zero-order chi connectivity index (χ0) is 18.0. The molecule has 2 aromatic heterocycles. The van der Waals surface area contributed by atoms with Gasteiger partial charge in [-0.15, -0.1) is 0 Å². The van der Waals surface area contributed by atoms with E-state index in [0.717, 1.165) is 5.56 Å². The van der Waals surface area contributed by atoms with E-state index in [1.54, 1.807) is 42.3 Å². The molecule has 0 aliphatic carbocycles. The largest absolute Gasteiger partial charge is 0.322 e. The van der Waals surface area contributed by atoms with Crippen molar-refractivity contribution >= 4 is 46.4 Å². The van der Waals surface area contributed by atoms with Crippen molar-refractivity contribution in [2.24, 2.45) is 0 Å². The van der Waals surface area contributed by atoms with Gasteiger partial charge in [0.1, 0.15) is 6.04 Å². The first-order valence-corrected chi connectivity index (χ1v) is 8.52. The monoisotopic (exact) mass is 397 g/mol. The third-order valence-electron chi connectivity index (χ3n) is 3.58. The van der Waals surface area contributed by atoms with Gasteiger partial charge in [-0.05, 0) is 24.6 Å². The lowest BCUT2D eigenvalue weighted by Gasteiger charge is -2.11. The lowest BCUT2D eigenvalue weighted by molar-refractivity contribution is -0.119. The number of carbonyl (C=O) groups excluding carboxylic acids is 1. The molecule has 0 fully saturated rings. The third-order valence-corrected chi connectivity index (χ3v) is 4.51. The van der Waals surface area contributed by atoms with Crippen LogP contribution in [0.2, 0.25) is 15.1 Å². The smallest absolute Gasteiger partial charge is 0.249 e. The SMILES string of the molecule is CC(C(=O)Nc1cnn(Cc2ccc(Cl)c(Cl)c2)c1)n1cc(Cl)cn1. The number of anilines is 1. The molecule has 6 nitrogen and oxygen atoms in total. The third kappa shape index (κ3) is 4.34. The van der Waals surface area contributed by atoms with Crippen LogP contribution in [-0.2, 0) is 11.3 Å². The number of hydrogen-bond donors (Lipinski definition) is 1. The molecule has 2 heterocycles. The minimum atomic E-state index is -0.495. The predicted molar refractivity (Wildman–Crippen MR) is 98.4 cm³/mol. The predicted octanol–water partition coefficient (Wildman–Crippen LogP) is 4.29. The summed E-state index contributed by atoms with van der Waals surface area (Å²) in [6.45, 7) is 2.25. The van der Waals surface area contributed by atoms with E-state index in [2.05, 4.69) is 15.5 Å². The highest BCUT2D eigenvalue weighted by atomic mass is 35.5. The average molecular weight is 399 g/mol. The van der Waals surface area contributed by atoms with Crippen LogP contribution >= 0.6 is 34.8 Å². The van der Waals surface area contributed by atoms with Gasteiger partial charge in [0.25, 0.3) is 0 Å². The molecule has 1 unspecified atom stereocenters. The van der Waals surface area contributed by atoms with Gasteiger partial charge in [-0.3, -0.25) is 14.2 Å². The molecular formula is C16H14Cl3N5O. The van der Waals surface area contributed by atoms with Crippen LogP contribution in [0, 0.1) is 0 Å². The molecule has 0 spiro atoms. The van der Waals surface area contributed by atoms with Crippen molar-refractivity contribution in [3.05, 3.63) is 63.6 Å². The summed E-state index contributed by atoms with van der Waals surface area (Å²) < 4.78 is 3.20. The second kappa shape index (κ2) is 7.47. The van der Waals surface area contributed by atoms with Crippen molar-refractivity contribution in [2.75, 3.05) is 5.32 Å². The zero-order valence-corrected chi connectivity index (χ0v) is 15.4. The summed E-state index contributed by atoms with van der Waals surface area (Å²) in [6, 6.07) is 4.90. The van der Waals surface area contributed by atoms with E-state index in [9.17, 15) is 4.79 Å². The molecule has 1 N–H and O–H groups in total. The Balaban J connectivity index is 1.64. The first-order valence-electron chi connectivity index (χ1n) is 7.39. The van der Waals surface area contributed by atoms with Crippen LogP contribution < -0.4 is 5.32 Å². The van der Waals surface area contributed by atoms with Crippen LogP contribution in [0.5, 0.6) is 0 Å². The summed E-state index contributed by atoms with van der Waals surface area (Å²) in [5.74, 6) is -0.214. The standard InChI is InChI=1S/C16H14Cl3N5O/c1-10(24-8-12(17)5-21-24)16(25)22-13-6-20-23(9-13)7-11-2-3-14(18)15(19)4-11/h2-6,8-10H,7H2,1H3,(H,22,25). The molecule has 3 aromatic rings. The number of hydrogen-bond acceptors (Lipinski definition) is 3. The maximum atomic E-state index is 12.3. The van der Waals surface area contributed by atoms with Gasteiger partial charge >= 0.3 is 0 Å². The summed E-state index contributed by atoms with van der Waals surface area (Å²) in [5, 5.41) is 12.6. The molecule has 0 saturated heterocycles. The van der Waals surface area contributed by atoms with E-state index < -0.39 is 6.04 Å². The van der Waals surface area contributed by atoms with Gasteiger partial charge in [0, 0.05) is 12.4 Å². The Morgan fingerprint density at radius 2 is 1.96 bits per heavy atom. The molecule has 25 heavy (non-hydrogen) atoms. The number of nitrogens with one attached hydrogen (secondary N) is 1. The van der Waals surface area contributed by atoms with E-state index in [0.29, 0.717) is 27.3 Å². The van der Waals surface area contributed by atoms with Crippen LogP contribution in [0.1, 0.15) is 18.5 Å². The molecule has 0 saturated carbocycles. The molecular weight excluding hydrogens is 385 g/mol. The van der Waals surface area contributed by atoms with Crippen LogP contribution in [0.15, 0.2) is 43.0 Å². The Morgan fingerprint density at radius 3 is 2.64 bits per heavy atom. The molecule has 0 radical (unpaired) electrons. The molecule has 0 aliphatic heterocycles. The van der Waals surface area contributed by atoms with E-state index in [-0.39, 0.29) is 5.91 Å². The Kier molecular flexibility index (Phi) is 5.32. The number of amides is 1. The van der Waals surface area contributed by atoms with E-state index in [1.165, 1.54) is 10.9 Å². The Labute approximate surface area is 159 Å². The first-order chi connectivity index (χ1) is 11.9. The summed E-state index contributed by atoms with van der Waals surface area (Å²) in [4.78, 5) is 12.3. The Bertz CT molecular complexity index is 905. The maximum Gasteiger partial charge on any atom is 0.249 e. The van der Waals surface area contributed by atoms with Gasteiger partial charge in [-0.2, -0.15) is 10.2 Å². The quantitative estimate of drug-likeness (QED) is 0.697. The van der Waals surface area contributed by atoms with Gasteiger partial charge < -0.3 is 5.32 Å². The van der Waals surface area contributed by atoms with Crippen molar-refractivity contribution in [1.82, 2.24) is 19.6 Å². The summed E-state index contributed by atoms with van der Waals surface area (Å²) in [6.07, 6.45) is 6.40. The fraction of sp³-hybridized carbons (Fsp3) is 0.188. The molecule has 1 aromatic carbocycles. The molecule has 130 valence electrons. The summed E-state index contributed by atoms with van der Waals surface area (Å²) in [5.41, 5.74) is 1.55. The lowest BCUT2D eigenvalue weighted by atomic mass is 10.2. The van der Waals surface area contributed by atoms with Crippen LogP contribution in [-0.4, -0.2) is 25.5 Å². The molecule has 1 amide bonds. The number of nitrogens with zero attached hydrogens (tertiary/aromatic N) is 4. The number of halogens is 3. The molecule has 0 aliphatic rings. The maximum absolute atomic E-state index is 12.3. The fourth-order valence-electron chi connectivity index (χ4n) is 2.23. The second-order valence-electron chi connectivity index (χ2n) is 5.48. The molecule has 3 rings (SSSR count).